The molecule has 1 aliphatic heterocycles. The second-order valence-electron chi connectivity index (χ2n) is 5.30. The van der Waals surface area contributed by atoms with E-state index in [9.17, 15) is 13.2 Å². The van der Waals surface area contributed by atoms with Crippen LogP contribution in [0.15, 0.2) is 24.3 Å². The second kappa shape index (κ2) is 6.74. The van der Waals surface area contributed by atoms with Crippen LogP contribution < -0.4 is 4.72 Å². The predicted octanol–water partition coefficient (Wildman–Crippen LogP) is 0.715. The number of aliphatic carboxylic acids is 1. The molecule has 2 atom stereocenters. The minimum atomic E-state index is -3.79. The largest absolute Gasteiger partial charge is 0.481 e. The quantitative estimate of drug-likeness (QED) is 0.769. The number of benzene rings is 1. The highest BCUT2D eigenvalue weighted by Crippen LogP contribution is 2.24. The molecule has 1 heterocycles. The number of carboxylic acids is 1. The van der Waals surface area contributed by atoms with Crippen molar-refractivity contribution in [3.8, 4) is 0 Å². The molecule has 0 spiro atoms. The van der Waals surface area contributed by atoms with Gasteiger partial charge in [0.25, 0.3) is 10.2 Å². The van der Waals surface area contributed by atoms with E-state index >= 15 is 0 Å². The lowest BCUT2D eigenvalue weighted by molar-refractivity contribution is -0.138. The zero-order chi connectivity index (χ0) is 16.3. The van der Waals surface area contributed by atoms with Crippen LogP contribution in [0.5, 0.6) is 0 Å². The normalized spacial score (nSPS) is 17.9. The highest BCUT2D eigenvalue weighted by atomic mass is 32.2. The van der Waals surface area contributed by atoms with Crippen molar-refractivity contribution in [3.63, 3.8) is 0 Å². The first-order valence-electron chi connectivity index (χ1n) is 6.92. The molecule has 1 aromatic carbocycles. The van der Waals surface area contributed by atoms with Gasteiger partial charge in [0, 0.05) is 20.2 Å². The molecule has 7 nitrogen and oxygen atoms in total. The molecule has 1 aliphatic rings. The Morgan fingerprint density at radius 1 is 1.36 bits per heavy atom. The summed E-state index contributed by atoms with van der Waals surface area (Å²) >= 11 is 0. The molecule has 1 aromatic rings. The third kappa shape index (κ3) is 3.83. The van der Waals surface area contributed by atoms with Gasteiger partial charge in [-0.25, -0.2) is 0 Å². The van der Waals surface area contributed by atoms with Crippen molar-refractivity contribution in [1.82, 2.24) is 9.03 Å². The predicted molar refractivity (Wildman–Crippen MR) is 80.3 cm³/mol. The minimum absolute atomic E-state index is 0.284. The van der Waals surface area contributed by atoms with Gasteiger partial charge >= 0.3 is 5.97 Å². The lowest BCUT2D eigenvalue weighted by Gasteiger charge is -2.25. The number of ether oxygens (including phenoxy) is 1. The fraction of sp³-hybridized carbons (Fsp3) is 0.500. The summed E-state index contributed by atoms with van der Waals surface area (Å²) in [6.45, 7) is 2.20. The molecule has 0 aliphatic carbocycles. The highest BCUT2D eigenvalue weighted by Gasteiger charge is 2.33. The average molecular weight is 328 g/mol. The van der Waals surface area contributed by atoms with E-state index in [4.69, 9.17) is 9.84 Å². The van der Waals surface area contributed by atoms with Crippen molar-refractivity contribution < 1.29 is 23.1 Å². The van der Waals surface area contributed by atoms with Crippen LogP contribution in [0.3, 0.4) is 0 Å². The Labute approximate surface area is 130 Å². The maximum atomic E-state index is 12.5. The number of nitrogens with zero attached hydrogens (tertiary/aromatic N) is 1. The van der Waals surface area contributed by atoms with Crippen molar-refractivity contribution in [1.29, 1.82) is 0 Å². The number of hydrogen-bond acceptors (Lipinski definition) is 4. The Kier molecular flexibility index (Phi) is 5.17. The molecule has 0 fully saturated rings. The Balaban J connectivity index is 2.12. The van der Waals surface area contributed by atoms with E-state index in [1.165, 1.54) is 11.4 Å². The number of fused-ring (bicyclic) bond motifs is 1. The summed E-state index contributed by atoms with van der Waals surface area (Å²) in [5, 5.41) is 8.93. The van der Waals surface area contributed by atoms with Crippen molar-refractivity contribution in [2.24, 2.45) is 0 Å². The van der Waals surface area contributed by atoms with Crippen LogP contribution >= 0.6 is 0 Å². The summed E-state index contributed by atoms with van der Waals surface area (Å²) in [5.74, 6) is -1.08. The zero-order valence-corrected chi connectivity index (χ0v) is 13.3. The molecule has 0 bridgehead atoms. The number of hydrogen-bond donors (Lipinski definition) is 2. The molecule has 0 saturated heterocycles. The van der Waals surface area contributed by atoms with Crippen LogP contribution in [-0.4, -0.2) is 43.1 Å². The van der Waals surface area contributed by atoms with E-state index in [1.807, 2.05) is 24.3 Å². The van der Waals surface area contributed by atoms with Gasteiger partial charge in [0.1, 0.15) is 0 Å². The average Bonchev–Trinajstić information content (AvgIpc) is 2.89. The smallest absolute Gasteiger partial charge is 0.305 e. The second-order valence-corrected chi connectivity index (χ2v) is 7.01. The summed E-state index contributed by atoms with van der Waals surface area (Å²) in [7, 11) is -2.37. The number of carboxylic acid groups (broad SMARTS) is 1. The van der Waals surface area contributed by atoms with E-state index < -0.39 is 28.3 Å². The van der Waals surface area contributed by atoms with Gasteiger partial charge in [-0.2, -0.15) is 17.4 Å². The van der Waals surface area contributed by atoms with Gasteiger partial charge in [0.05, 0.1) is 18.6 Å². The van der Waals surface area contributed by atoms with Crippen molar-refractivity contribution >= 4 is 16.2 Å². The Bertz CT molecular complexity index is 621. The first-order valence-corrected chi connectivity index (χ1v) is 8.36. The van der Waals surface area contributed by atoms with Gasteiger partial charge in [0.15, 0.2) is 0 Å². The third-order valence-corrected chi connectivity index (χ3v) is 5.32. The van der Waals surface area contributed by atoms with Gasteiger partial charge in [-0.15, -0.1) is 0 Å². The Morgan fingerprint density at radius 2 is 1.91 bits per heavy atom. The maximum Gasteiger partial charge on any atom is 0.305 e. The summed E-state index contributed by atoms with van der Waals surface area (Å²) in [6.07, 6.45) is -0.884. The molecule has 0 saturated carbocycles. The SMILES string of the molecule is CO[C@H](C)[C@@H](CC(=O)O)NS(=O)(=O)N1Cc2ccccc2C1. The van der Waals surface area contributed by atoms with Gasteiger partial charge in [-0.05, 0) is 18.1 Å². The van der Waals surface area contributed by atoms with E-state index in [0.717, 1.165) is 11.1 Å². The molecule has 122 valence electrons. The molecule has 2 N–H and O–H groups in total. The Hall–Kier alpha value is -1.48. The first-order chi connectivity index (χ1) is 10.3. The Morgan fingerprint density at radius 3 is 2.36 bits per heavy atom. The summed E-state index contributed by atoms with van der Waals surface area (Å²) in [6, 6.07) is 6.68. The molecule has 0 amide bonds. The molecule has 0 radical (unpaired) electrons. The van der Waals surface area contributed by atoms with Crippen LogP contribution in [0, 0.1) is 0 Å². The fourth-order valence-corrected chi connectivity index (χ4v) is 3.82. The fourth-order valence-electron chi connectivity index (χ4n) is 2.39. The maximum absolute atomic E-state index is 12.5. The van der Waals surface area contributed by atoms with Crippen molar-refractivity contribution in [2.45, 2.75) is 38.6 Å². The van der Waals surface area contributed by atoms with Gasteiger partial charge in [-0.1, -0.05) is 24.3 Å². The number of carbonyl (C=O) groups is 1. The van der Waals surface area contributed by atoms with Crippen molar-refractivity contribution in [3.05, 3.63) is 35.4 Å². The van der Waals surface area contributed by atoms with Crippen LogP contribution in [0.1, 0.15) is 24.5 Å². The summed E-state index contributed by atoms with van der Waals surface area (Å²) < 4.78 is 33.8. The summed E-state index contributed by atoms with van der Waals surface area (Å²) in [4.78, 5) is 10.9. The van der Waals surface area contributed by atoms with Crippen LogP contribution in [0.2, 0.25) is 0 Å². The summed E-state index contributed by atoms with van der Waals surface area (Å²) in [5.41, 5.74) is 1.92. The molecular formula is C14H20N2O5S. The minimum Gasteiger partial charge on any atom is -0.481 e. The van der Waals surface area contributed by atoms with Crippen molar-refractivity contribution in [2.75, 3.05) is 7.11 Å². The van der Waals surface area contributed by atoms with Gasteiger partial charge < -0.3 is 9.84 Å². The highest BCUT2D eigenvalue weighted by molar-refractivity contribution is 7.87. The standard InChI is InChI=1S/C14H20N2O5S/c1-10(21-2)13(7-14(17)18)15-22(19,20)16-8-11-5-3-4-6-12(11)9-16/h3-6,10,13,15H,7-9H2,1-2H3,(H,17,18)/t10-,13-/m1/s1. The topological polar surface area (TPSA) is 95.9 Å². The molecular weight excluding hydrogens is 308 g/mol. The molecule has 0 unspecified atom stereocenters. The van der Waals surface area contributed by atoms with Gasteiger partial charge in [0.2, 0.25) is 0 Å². The van der Waals surface area contributed by atoms with Crippen LogP contribution in [0.4, 0.5) is 0 Å². The number of rotatable bonds is 7. The molecule has 2 rings (SSSR count). The van der Waals surface area contributed by atoms with E-state index in [0.29, 0.717) is 0 Å². The van der Waals surface area contributed by atoms with Crippen LogP contribution in [0.25, 0.3) is 0 Å². The number of nitrogens with one attached hydrogen (secondary N) is 1. The molecule has 0 aromatic heterocycles. The molecule has 8 heteroatoms. The molecule has 22 heavy (non-hydrogen) atoms. The van der Waals surface area contributed by atoms with E-state index in [-0.39, 0.29) is 19.5 Å². The zero-order valence-electron chi connectivity index (χ0n) is 12.5. The third-order valence-electron chi connectivity index (χ3n) is 3.78. The lowest BCUT2D eigenvalue weighted by atomic mass is 10.1. The monoisotopic (exact) mass is 328 g/mol. The van der Waals surface area contributed by atoms with Crippen LogP contribution in [-0.2, 0) is 32.8 Å². The lowest BCUT2D eigenvalue weighted by Crippen LogP contribution is -2.48. The van der Waals surface area contributed by atoms with Gasteiger partial charge in [-0.3, -0.25) is 4.79 Å². The van der Waals surface area contributed by atoms with E-state index in [2.05, 4.69) is 4.72 Å². The number of methoxy groups -OCH3 is 1. The van der Waals surface area contributed by atoms with E-state index in [1.54, 1.807) is 6.92 Å². The first kappa shape index (κ1) is 16.9.